The highest BCUT2D eigenvalue weighted by molar-refractivity contribution is 9.10. The summed E-state index contributed by atoms with van der Waals surface area (Å²) in [5.74, 6) is 0. The van der Waals surface area contributed by atoms with Crippen molar-refractivity contribution in [3.63, 3.8) is 0 Å². The van der Waals surface area contributed by atoms with E-state index in [1.807, 2.05) is 54.6 Å². The number of rotatable bonds is 4. The molecule has 2 aromatic rings. The lowest BCUT2D eigenvalue weighted by atomic mass is 9.98. The van der Waals surface area contributed by atoms with Crippen LogP contribution < -0.4 is 4.90 Å². The highest BCUT2D eigenvalue weighted by Crippen LogP contribution is 2.40. The largest absolute Gasteiger partial charge is 0.445 e. The third-order valence-corrected chi connectivity index (χ3v) is 7.40. The predicted octanol–water partition coefficient (Wildman–Crippen LogP) is 5.36. The summed E-state index contributed by atoms with van der Waals surface area (Å²) in [5, 5.41) is 0. The smallest absolute Gasteiger partial charge is 0.414 e. The van der Waals surface area contributed by atoms with Gasteiger partial charge in [0.05, 0.1) is 32.7 Å². The van der Waals surface area contributed by atoms with E-state index in [1.54, 1.807) is 4.90 Å². The van der Waals surface area contributed by atoms with Crippen LogP contribution in [0.25, 0.3) is 0 Å². The van der Waals surface area contributed by atoms with Gasteiger partial charge in [-0.2, -0.15) is 0 Å². The monoisotopic (exact) mass is 443 g/mol. The highest BCUT2D eigenvalue weighted by atomic mass is 79.9. The first-order valence-electron chi connectivity index (χ1n) is 10.0. The number of benzene rings is 2. The summed E-state index contributed by atoms with van der Waals surface area (Å²) in [6.07, 6.45) is 4.18. The van der Waals surface area contributed by atoms with Gasteiger partial charge in [0.15, 0.2) is 0 Å². The molecule has 2 unspecified atom stereocenters. The van der Waals surface area contributed by atoms with Gasteiger partial charge in [-0.05, 0) is 23.8 Å². The number of halogens is 1. The number of fused-ring (bicyclic) bond motifs is 2. The summed E-state index contributed by atoms with van der Waals surface area (Å²) >= 11 is 3.60. The SMILES string of the molecule is C[N+]1(C)C2CCC1CC(OC(=O)N(Cc1ccccc1Br)c1ccccc1)C2. The number of nitrogens with zero attached hydrogens (tertiary/aromatic N) is 2. The highest BCUT2D eigenvalue weighted by Gasteiger charge is 2.50. The molecule has 148 valence electrons. The topological polar surface area (TPSA) is 29.5 Å². The van der Waals surface area contributed by atoms with Gasteiger partial charge in [-0.25, -0.2) is 4.79 Å². The van der Waals surface area contributed by atoms with Crippen LogP contribution in [0, 0.1) is 0 Å². The van der Waals surface area contributed by atoms with Gasteiger partial charge in [0, 0.05) is 35.8 Å². The molecule has 2 bridgehead atoms. The maximum atomic E-state index is 13.2. The Morgan fingerprint density at radius 1 is 1.04 bits per heavy atom. The normalized spacial score (nSPS) is 25.3. The minimum absolute atomic E-state index is 0.0153. The van der Waals surface area contributed by atoms with Gasteiger partial charge in [0.25, 0.3) is 0 Å². The quantitative estimate of drug-likeness (QED) is 0.594. The van der Waals surface area contributed by atoms with Crippen molar-refractivity contribution in [3.8, 4) is 0 Å². The standard InChI is InChI=1S/C23H28BrN2O2/c1-26(2)19-12-13-20(26)15-21(14-19)28-23(27)25(18-9-4-3-5-10-18)16-17-8-6-7-11-22(17)24/h3-11,19-21H,12-16H2,1-2H3/q+1. The van der Waals surface area contributed by atoms with E-state index >= 15 is 0 Å². The summed E-state index contributed by atoms with van der Waals surface area (Å²) in [6, 6.07) is 19.0. The molecule has 2 heterocycles. The molecule has 0 N–H and O–H groups in total. The van der Waals surface area contributed by atoms with Crippen LogP contribution in [0.3, 0.4) is 0 Å². The predicted molar refractivity (Wildman–Crippen MR) is 115 cm³/mol. The molecular weight excluding hydrogens is 416 g/mol. The number of anilines is 1. The Bertz CT molecular complexity index is 824. The molecule has 2 aliphatic heterocycles. The van der Waals surface area contributed by atoms with Crippen LogP contribution >= 0.6 is 15.9 Å². The fourth-order valence-corrected chi connectivity index (χ4v) is 5.21. The molecule has 0 spiro atoms. The number of para-hydroxylation sites is 1. The molecule has 0 saturated carbocycles. The second-order valence-corrected chi connectivity index (χ2v) is 9.36. The Balaban J connectivity index is 1.52. The van der Waals surface area contributed by atoms with Crippen molar-refractivity contribution in [2.75, 3.05) is 19.0 Å². The van der Waals surface area contributed by atoms with Crippen LogP contribution in [-0.2, 0) is 11.3 Å². The number of carbonyl (C=O) groups is 1. The molecule has 0 aliphatic carbocycles. The number of amides is 1. The average molecular weight is 444 g/mol. The molecule has 2 aromatic carbocycles. The zero-order valence-electron chi connectivity index (χ0n) is 16.6. The lowest BCUT2D eigenvalue weighted by molar-refractivity contribution is -0.931. The van der Waals surface area contributed by atoms with E-state index in [4.69, 9.17) is 4.74 Å². The number of hydrogen-bond acceptors (Lipinski definition) is 2. The van der Waals surface area contributed by atoms with E-state index in [1.165, 1.54) is 12.8 Å². The molecule has 2 fully saturated rings. The number of quaternary nitrogens is 1. The first-order chi connectivity index (χ1) is 13.4. The number of hydrogen-bond donors (Lipinski definition) is 0. The van der Waals surface area contributed by atoms with E-state index in [0.29, 0.717) is 18.6 Å². The third kappa shape index (κ3) is 3.83. The van der Waals surface area contributed by atoms with Crippen molar-refractivity contribution in [1.29, 1.82) is 0 Å². The fraction of sp³-hybridized carbons (Fsp3) is 0.435. The van der Waals surface area contributed by atoms with Crippen molar-refractivity contribution in [3.05, 3.63) is 64.6 Å². The minimum atomic E-state index is -0.251. The first kappa shape index (κ1) is 19.5. The van der Waals surface area contributed by atoms with E-state index in [-0.39, 0.29) is 12.2 Å². The van der Waals surface area contributed by atoms with Crippen LogP contribution in [0.5, 0.6) is 0 Å². The summed E-state index contributed by atoms with van der Waals surface area (Å²) in [6.45, 7) is 0.478. The number of piperidine rings is 1. The zero-order chi connectivity index (χ0) is 19.7. The minimum Gasteiger partial charge on any atom is -0.445 e. The molecule has 4 rings (SSSR count). The Morgan fingerprint density at radius 3 is 2.29 bits per heavy atom. The molecule has 0 aromatic heterocycles. The maximum absolute atomic E-state index is 13.2. The summed E-state index contributed by atoms with van der Waals surface area (Å²) in [5.41, 5.74) is 1.92. The van der Waals surface area contributed by atoms with Crippen LogP contribution in [0.1, 0.15) is 31.2 Å². The van der Waals surface area contributed by atoms with Gasteiger partial charge in [0.1, 0.15) is 6.10 Å². The molecule has 5 heteroatoms. The van der Waals surface area contributed by atoms with Gasteiger partial charge in [-0.15, -0.1) is 0 Å². The second kappa shape index (κ2) is 7.88. The Hall–Kier alpha value is -1.85. The van der Waals surface area contributed by atoms with Crippen LogP contribution in [-0.4, -0.2) is 42.9 Å². The van der Waals surface area contributed by atoms with Crippen molar-refractivity contribution in [2.45, 2.75) is 50.4 Å². The molecule has 4 nitrogen and oxygen atoms in total. The number of ether oxygens (including phenoxy) is 1. The number of carbonyl (C=O) groups excluding carboxylic acids is 1. The van der Waals surface area contributed by atoms with Crippen LogP contribution in [0.15, 0.2) is 59.1 Å². The lowest BCUT2D eigenvalue weighted by Gasteiger charge is -2.44. The summed E-state index contributed by atoms with van der Waals surface area (Å²) in [7, 11) is 4.65. The zero-order valence-corrected chi connectivity index (χ0v) is 18.1. The van der Waals surface area contributed by atoms with E-state index in [9.17, 15) is 4.79 Å². The molecular formula is C23H28BrN2O2+. The Morgan fingerprint density at radius 2 is 1.64 bits per heavy atom. The Labute approximate surface area is 175 Å². The van der Waals surface area contributed by atoms with Gasteiger partial charge >= 0.3 is 6.09 Å². The average Bonchev–Trinajstić information content (AvgIpc) is 2.85. The maximum Gasteiger partial charge on any atom is 0.414 e. The first-order valence-corrected chi connectivity index (χ1v) is 10.8. The Kier molecular flexibility index (Phi) is 5.48. The van der Waals surface area contributed by atoms with Crippen molar-refractivity contribution in [2.24, 2.45) is 0 Å². The lowest BCUT2D eigenvalue weighted by Crippen LogP contribution is -2.56. The molecule has 2 atom stereocenters. The van der Waals surface area contributed by atoms with Gasteiger partial charge in [-0.1, -0.05) is 52.3 Å². The molecule has 1 amide bonds. The van der Waals surface area contributed by atoms with E-state index in [2.05, 4.69) is 30.0 Å². The van der Waals surface area contributed by atoms with Crippen LogP contribution in [0.2, 0.25) is 0 Å². The van der Waals surface area contributed by atoms with Gasteiger partial charge in [0.2, 0.25) is 0 Å². The van der Waals surface area contributed by atoms with Crippen molar-refractivity contribution < 1.29 is 14.0 Å². The van der Waals surface area contributed by atoms with Crippen molar-refractivity contribution in [1.82, 2.24) is 0 Å². The third-order valence-electron chi connectivity index (χ3n) is 6.63. The van der Waals surface area contributed by atoms with Gasteiger partial charge in [-0.3, -0.25) is 4.90 Å². The molecule has 2 aliphatic rings. The van der Waals surface area contributed by atoms with E-state index in [0.717, 1.165) is 33.0 Å². The summed E-state index contributed by atoms with van der Waals surface area (Å²) < 4.78 is 8.13. The second-order valence-electron chi connectivity index (χ2n) is 8.50. The van der Waals surface area contributed by atoms with Crippen molar-refractivity contribution >= 4 is 27.7 Å². The van der Waals surface area contributed by atoms with Gasteiger partial charge < -0.3 is 9.22 Å². The van der Waals surface area contributed by atoms with Crippen LogP contribution in [0.4, 0.5) is 10.5 Å². The summed E-state index contributed by atoms with van der Waals surface area (Å²) in [4.78, 5) is 15.0. The molecule has 0 radical (unpaired) electrons. The fourth-order valence-electron chi connectivity index (χ4n) is 4.80. The molecule has 2 saturated heterocycles. The van der Waals surface area contributed by atoms with E-state index < -0.39 is 0 Å². The molecule has 28 heavy (non-hydrogen) atoms.